The molecule has 0 amide bonds. The number of aromatic nitrogens is 3. The van der Waals surface area contributed by atoms with Gasteiger partial charge < -0.3 is 9.72 Å². The standard InChI is InChI=1S/C18H17N5O/c19-8-12-7-13-14(9-21-12)22-18-17(13)15(1-4-20-18)24-16-10-23-5-2-11(16)3-6-23/h1,4,7,9,11,16H,2-3,5-6,10H2,(H,20,22)/t16-/m1/s1. The number of pyridine rings is 2. The van der Waals surface area contributed by atoms with Crippen molar-refractivity contribution in [1.82, 2.24) is 19.9 Å². The summed E-state index contributed by atoms with van der Waals surface area (Å²) >= 11 is 0. The van der Waals surface area contributed by atoms with Gasteiger partial charge in [-0.3, -0.25) is 4.90 Å². The van der Waals surface area contributed by atoms with Crippen LogP contribution in [0.5, 0.6) is 5.75 Å². The maximum atomic E-state index is 9.13. The molecule has 0 unspecified atom stereocenters. The van der Waals surface area contributed by atoms with Gasteiger partial charge in [0.25, 0.3) is 0 Å². The van der Waals surface area contributed by atoms with Gasteiger partial charge >= 0.3 is 0 Å². The highest BCUT2D eigenvalue weighted by molar-refractivity contribution is 6.09. The van der Waals surface area contributed by atoms with Crippen LogP contribution in [0.3, 0.4) is 0 Å². The number of rotatable bonds is 2. The number of ether oxygens (including phenoxy) is 1. The maximum Gasteiger partial charge on any atom is 0.142 e. The molecule has 24 heavy (non-hydrogen) atoms. The van der Waals surface area contributed by atoms with Gasteiger partial charge in [0.1, 0.15) is 29.3 Å². The topological polar surface area (TPSA) is 77.8 Å². The fourth-order valence-corrected chi connectivity index (χ4v) is 4.06. The van der Waals surface area contributed by atoms with Crippen molar-refractivity contribution in [2.75, 3.05) is 19.6 Å². The van der Waals surface area contributed by atoms with Crippen molar-refractivity contribution in [3.8, 4) is 11.8 Å². The molecular formula is C18H17N5O. The lowest BCUT2D eigenvalue weighted by atomic mass is 9.86. The normalized spacial score (nSPS) is 25.9. The summed E-state index contributed by atoms with van der Waals surface area (Å²) in [7, 11) is 0. The van der Waals surface area contributed by atoms with Crippen molar-refractivity contribution in [3.05, 3.63) is 30.2 Å². The Morgan fingerprint density at radius 1 is 1.29 bits per heavy atom. The zero-order valence-corrected chi connectivity index (χ0v) is 13.2. The number of fused-ring (bicyclic) bond motifs is 6. The number of aromatic amines is 1. The summed E-state index contributed by atoms with van der Waals surface area (Å²) in [5.74, 6) is 1.49. The molecule has 2 bridgehead atoms. The van der Waals surface area contributed by atoms with Crippen LogP contribution in [0.25, 0.3) is 21.9 Å². The van der Waals surface area contributed by atoms with Gasteiger partial charge in [0.05, 0.1) is 17.1 Å². The van der Waals surface area contributed by atoms with Gasteiger partial charge in [-0.2, -0.15) is 5.26 Å². The van der Waals surface area contributed by atoms with E-state index in [1.807, 2.05) is 6.07 Å². The van der Waals surface area contributed by atoms with Crippen LogP contribution in [0, 0.1) is 17.2 Å². The third-order valence-electron chi connectivity index (χ3n) is 5.33. The Kier molecular flexibility index (Phi) is 2.97. The van der Waals surface area contributed by atoms with Gasteiger partial charge in [0, 0.05) is 18.1 Å². The molecule has 1 atom stereocenters. The van der Waals surface area contributed by atoms with Crippen molar-refractivity contribution in [3.63, 3.8) is 0 Å². The predicted molar refractivity (Wildman–Crippen MR) is 89.7 cm³/mol. The molecule has 120 valence electrons. The molecule has 0 spiro atoms. The number of hydrogen-bond acceptors (Lipinski definition) is 5. The van der Waals surface area contributed by atoms with Crippen LogP contribution in [-0.2, 0) is 0 Å². The molecule has 6 heterocycles. The second kappa shape index (κ2) is 5.18. The lowest BCUT2D eigenvalue weighted by molar-refractivity contribution is -0.00700. The van der Waals surface area contributed by atoms with E-state index in [9.17, 15) is 0 Å². The Morgan fingerprint density at radius 2 is 2.17 bits per heavy atom. The Hall–Kier alpha value is -2.65. The summed E-state index contributed by atoms with van der Waals surface area (Å²) < 4.78 is 6.44. The van der Waals surface area contributed by atoms with E-state index in [1.54, 1.807) is 18.5 Å². The first kappa shape index (κ1) is 13.8. The summed E-state index contributed by atoms with van der Waals surface area (Å²) in [5.41, 5.74) is 2.06. The SMILES string of the molecule is N#Cc1cc2c(cn1)[nH]c1nccc(O[C@@H]3CN4CCC3CC4)c12. The van der Waals surface area contributed by atoms with Crippen molar-refractivity contribution >= 4 is 21.9 Å². The predicted octanol–water partition coefficient (Wildman–Crippen LogP) is 2.46. The number of H-pyrrole nitrogens is 1. The first-order valence-corrected chi connectivity index (χ1v) is 8.37. The van der Waals surface area contributed by atoms with Crippen LogP contribution in [0.15, 0.2) is 24.5 Å². The summed E-state index contributed by atoms with van der Waals surface area (Å²) in [6.07, 6.45) is 6.13. The number of piperidine rings is 3. The van der Waals surface area contributed by atoms with Crippen molar-refractivity contribution in [2.24, 2.45) is 5.92 Å². The van der Waals surface area contributed by atoms with E-state index in [0.717, 1.165) is 34.2 Å². The van der Waals surface area contributed by atoms with E-state index in [4.69, 9.17) is 10.00 Å². The zero-order chi connectivity index (χ0) is 16.1. The van der Waals surface area contributed by atoms with E-state index in [1.165, 1.54) is 25.9 Å². The molecule has 3 saturated heterocycles. The minimum Gasteiger partial charge on any atom is -0.488 e. The highest BCUT2D eigenvalue weighted by Gasteiger charge is 2.35. The Morgan fingerprint density at radius 3 is 2.92 bits per heavy atom. The van der Waals surface area contributed by atoms with Crippen LogP contribution in [0.1, 0.15) is 18.5 Å². The Balaban J connectivity index is 1.61. The van der Waals surface area contributed by atoms with Gasteiger partial charge in [0.2, 0.25) is 0 Å². The summed E-state index contributed by atoms with van der Waals surface area (Å²) in [6.45, 7) is 3.39. The first-order chi connectivity index (χ1) is 11.8. The lowest BCUT2D eigenvalue weighted by Gasteiger charge is -2.44. The molecule has 6 nitrogen and oxygen atoms in total. The molecular weight excluding hydrogens is 302 g/mol. The van der Waals surface area contributed by atoms with Gasteiger partial charge in [-0.1, -0.05) is 0 Å². The number of nitrogens with one attached hydrogen (secondary N) is 1. The minimum absolute atomic E-state index is 0.236. The molecule has 0 radical (unpaired) electrons. The molecule has 3 aromatic heterocycles. The van der Waals surface area contributed by atoms with Gasteiger partial charge in [-0.05, 0) is 44.0 Å². The fourth-order valence-electron chi connectivity index (χ4n) is 4.06. The quantitative estimate of drug-likeness (QED) is 0.785. The lowest BCUT2D eigenvalue weighted by Crippen LogP contribution is -2.52. The molecule has 0 saturated carbocycles. The van der Waals surface area contributed by atoms with E-state index in [-0.39, 0.29) is 6.10 Å². The largest absolute Gasteiger partial charge is 0.488 e. The third kappa shape index (κ3) is 2.05. The van der Waals surface area contributed by atoms with Crippen LogP contribution >= 0.6 is 0 Å². The van der Waals surface area contributed by atoms with Crippen LogP contribution in [0.2, 0.25) is 0 Å². The van der Waals surface area contributed by atoms with Gasteiger partial charge in [0.15, 0.2) is 0 Å². The summed E-state index contributed by atoms with van der Waals surface area (Å²) in [5, 5.41) is 11.0. The van der Waals surface area contributed by atoms with Crippen LogP contribution in [-0.4, -0.2) is 45.6 Å². The number of nitrogens with zero attached hydrogens (tertiary/aromatic N) is 4. The van der Waals surface area contributed by atoms with Crippen molar-refractivity contribution < 1.29 is 4.74 Å². The Bertz CT molecular complexity index is 965. The third-order valence-corrected chi connectivity index (χ3v) is 5.33. The molecule has 3 aromatic rings. The van der Waals surface area contributed by atoms with Gasteiger partial charge in [-0.15, -0.1) is 0 Å². The summed E-state index contributed by atoms with van der Waals surface area (Å²) in [4.78, 5) is 14.3. The molecule has 3 aliphatic heterocycles. The average Bonchev–Trinajstić information content (AvgIpc) is 3.01. The van der Waals surface area contributed by atoms with Crippen molar-refractivity contribution in [1.29, 1.82) is 5.26 Å². The maximum absolute atomic E-state index is 9.13. The second-order valence-corrected chi connectivity index (χ2v) is 6.68. The monoisotopic (exact) mass is 319 g/mol. The molecule has 1 N–H and O–H groups in total. The fraction of sp³-hybridized carbons (Fsp3) is 0.389. The summed E-state index contributed by atoms with van der Waals surface area (Å²) in [6, 6.07) is 5.84. The van der Waals surface area contributed by atoms with E-state index in [0.29, 0.717) is 11.6 Å². The van der Waals surface area contributed by atoms with E-state index in [2.05, 4.69) is 25.9 Å². The first-order valence-electron chi connectivity index (χ1n) is 8.37. The minimum atomic E-state index is 0.236. The molecule has 0 aliphatic carbocycles. The molecule has 6 heteroatoms. The van der Waals surface area contributed by atoms with Gasteiger partial charge in [-0.25, -0.2) is 9.97 Å². The molecule has 6 rings (SSSR count). The van der Waals surface area contributed by atoms with E-state index < -0.39 is 0 Å². The highest BCUT2D eigenvalue weighted by atomic mass is 16.5. The van der Waals surface area contributed by atoms with E-state index >= 15 is 0 Å². The van der Waals surface area contributed by atoms with Crippen molar-refractivity contribution in [2.45, 2.75) is 18.9 Å². The highest BCUT2D eigenvalue weighted by Crippen LogP contribution is 2.36. The zero-order valence-electron chi connectivity index (χ0n) is 13.2. The molecule has 3 aliphatic rings. The second-order valence-electron chi connectivity index (χ2n) is 6.68. The van der Waals surface area contributed by atoms with Crippen LogP contribution in [0.4, 0.5) is 0 Å². The smallest absolute Gasteiger partial charge is 0.142 e. The number of nitriles is 1. The average molecular weight is 319 g/mol. The molecule has 0 aromatic carbocycles. The Labute approximate surface area is 139 Å². The molecule has 3 fully saturated rings. The van der Waals surface area contributed by atoms with Crippen LogP contribution < -0.4 is 4.74 Å². The number of hydrogen-bond donors (Lipinski definition) is 1.